The van der Waals surface area contributed by atoms with Gasteiger partial charge in [0.15, 0.2) is 0 Å². The average molecular weight is 320 g/mol. The molecule has 14 heavy (non-hydrogen) atoms. The average Bonchev–Trinajstić information content (AvgIpc) is 2.57. The molecule has 0 nitrogen and oxygen atoms in total. The summed E-state index contributed by atoms with van der Waals surface area (Å²) in [7, 11) is 0. The largest absolute Gasteiger partial charge is 0.207 e. The van der Waals surface area contributed by atoms with E-state index in [1.165, 1.54) is 22.8 Å². The van der Waals surface area contributed by atoms with E-state index in [2.05, 4.69) is 28.0 Å². The maximum atomic E-state index is 13.0. The lowest BCUT2D eigenvalue weighted by molar-refractivity contribution is 0.629. The van der Waals surface area contributed by atoms with E-state index in [4.69, 9.17) is 0 Å². The van der Waals surface area contributed by atoms with Gasteiger partial charge in [0.05, 0.1) is 0 Å². The lowest BCUT2D eigenvalue weighted by atomic mass is 10.1. The van der Waals surface area contributed by atoms with E-state index in [1.54, 1.807) is 17.4 Å². The normalized spacial score (nSPS) is 11.0. The predicted octanol–water partition coefficient (Wildman–Crippen LogP) is 4.41. The van der Waals surface area contributed by atoms with Crippen molar-refractivity contribution in [2.24, 2.45) is 0 Å². The van der Waals surface area contributed by atoms with Gasteiger partial charge in [-0.3, -0.25) is 0 Å². The van der Waals surface area contributed by atoms with E-state index in [-0.39, 0.29) is 5.82 Å². The Bertz CT molecular complexity index is 436. The van der Waals surface area contributed by atoms with Crippen LogP contribution in [0.2, 0.25) is 0 Å². The third-order valence-corrected chi connectivity index (χ3v) is 3.97. The molecule has 0 saturated carbocycles. The number of benzene rings is 1. The van der Waals surface area contributed by atoms with E-state index >= 15 is 0 Å². The van der Waals surface area contributed by atoms with E-state index in [0.717, 1.165) is 16.2 Å². The van der Waals surface area contributed by atoms with Gasteiger partial charge in [-0.05, 0) is 51.8 Å². The number of halogens is 2. The van der Waals surface area contributed by atoms with Crippen molar-refractivity contribution in [2.45, 2.75) is 12.8 Å². The van der Waals surface area contributed by atoms with Gasteiger partial charge >= 0.3 is 0 Å². The first-order valence-corrected chi connectivity index (χ1v) is 6.93. The summed E-state index contributed by atoms with van der Waals surface area (Å²) in [5, 5.41) is 3.25. The first-order valence-electron chi connectivity index (χ1n) is 4.53. The topological polar surface area (TPSA) is 0 Å². The highest BCUT2D eigenvalue weighted by molar-refractivity contribution is 14.1. The van der Waals surface area contributed by atoms with Crippen molar-refractivity contribution >= 4 is 44.0 Å². The lowest BCUT2D eigenvalue weighted by Crippen LogP contribution is -1.84. The fraction of sp³-hybridized carbons (Fsp3) is 0.273. The Balaban J connectivity index is 2.40. The molecule has 0 spiro atoms. The minimum absolute atomic E-state index is 0.133. The van der Waals surface area contributed by atoms with Crippen LogP contribution in [0.15, 0.2) is 23.6 Å². The van der Waals surface area contributed by atoms with Crippen LogP contribution >= 0.6 is 33.9 Å². The summed E-state index contributed by atoms with van der Waals surface area (Å²) in [4.78, 5) is 0. The van der Waals surface area contributed by atoms with Crippen LogP contribution < -0.4 is 0 Å². The van der Waals surface area contributed by atoms with Crippen LogP contribution in [0.3, 0.4) is 0 Å². The van der Waals surface area contributed by atoms with Crippen LogP contribution in [-0.2, 0) is 6.42 Å². The molecule has 0 fully saturated rings. The standard InChI is InChI=1S/C11H10FIS/c12-9-3-4-11-10(6-9)8(7-14-11)2-1-5-13/h3-4,6-7H,1-2,5H2. The minimum Gasteiger partial charge on any atom is -0.207 e. The van der Waals surface area contributed by atoms with Crippen LogP contribution in [0.1, 0.15) is 12.0 Å². The van der Waals surface area contributed by atoms with Gasteiger partial charge in [-0.15, -0.1) is 11.3 Å². The Morgan fingerprint density at radius 1 is 1.36 bits per heavy atom. The third kappa shape index (κ3) is 2.08. The Morgan fingerprint density at radius 2 is 2.21 bits per heavy atom. The molecule has 2 rings (SSSR count). The Kier molecular flexibility index (Phi) is 3.38. The second-order valence-electron chi connectivity index (χ2n) is 3.19. The minimum atomic E-state index is -0.133. The monoisotopic (exact) mass is 320 g/mol. The summed E-state index contributed by atoms with van der Waals surface area (Å²) in [5.74, 6) is -0.133. The van der Waals surface area contributed by atoms with Gasteiger partial charge in [-0.2, -0.15) is 0 Å². The van der Waals surface area contributed by atoms with Gasteiger partial charge in [0.1, 0.15) is 5.82 Å². The van der Waals surface area contributed by atoms with Crippen molar-refractivity contribution < 1.29 is 4.39 Å². The maximum absolute atomic E-state index is 13.0. The van der Waals surface area contributed by atoms with E-state index in [1.807, 2.05) is 6.07 Å². The fourth-order valence-corrected chi connectivity index (χ4v) is 2.86. The van der Waals surface area contributed by atoms with Gasteiger partial charge in [0.2, 0.25) is 0 Å². The summed E-state index contributed by atoms with van der Waals surface area (Å²) >= 11 is 4.08. The van der Waals surface area contributed by atoms with Crippen LogP contribution in [0, 0.1) is 5.82 Å². The molecule has 2 aromatic rings. The first-order chi connectivity index (χ1) is 6.81. The van der Waals surface area contributed by atoms with Crippen molar-refractivity contribution in [1.29, 1.82) is 0 Å². The third-order valence-electron chi connectivity index (χ3n) is 2.20. The molecule has 0 aliphatic carbocycles. The van der Waals surface area contributed by atoms with Crippen molar-refractivity contribution in [3.05, 3.63) is 35.0 Å². The number of aryl methyl sites for hydroxylation is 1. The molecule has 0 saturated heterocycles. The molecule has 0 unspecified atom stereocenters. The van der Waals surface area contributed by atoms with Gasteiger partial charge in [0.25, 0.3) is 0 Å². The first kappa shape index (κ1) is 10.4. The molecule has 0 aliphatic rings. The van der Waals surface area contributed by atoms with E-state index in [0.29, 0.717) is 0 Å². The molecule has 0 amide bonds. The van der Waals surface area contributed by atoms with Gasteiger partial charge in [0, 0.05) is 4.70 Å². The molecule has 0 bridgehead atoms. The molecule has 74 valence electrons. The molecule has 1 aromatic carbocycles. The molecule has 0 N–H and O–H groups in total. The van der Waals surface area contributed by atoms with Gasteiger partial charge in [-0.25, -0.2) is 4.39 Å². The molecule has 0 aliphatic heterocycles. The molecule has 1 aromatic heterocycles. The predicted molar refractivity (Wildman–Crippen MR) is 69.0 cm³/mol. The van der Waals surface area contributed by atoms with Crippen LogP contribution in [0.4, 0.5) is 4.39 Å². The van der Waals surface area contributed by atoms with Crippen molar-refractivity contribution in [3.8, 4) is 0 Å². The number of hydrogen-bond acceptors (Lipinski definition) is 1. The van der Waals surface area contributed by atoms with Crippen LogP contribution in [0.5, 0.6) is 0 Å². The summed E-state index contributed by atoms with van der Waals surface area (Å²) in [5.41, 5.74) is 1.29. The Morgan fingerprint density at radius 3 is 3.00 bits per heavy atom. The summed E-state index contributed by atoms with van der Waals surface area (Å²) < 4.78 is 15.4. The molecule has 1 heterocycles. The lowest BCUT2D eigenvalue weighted by Gasteiger charge is -1.97. The summed E-state index contributed by atoms with van der Waals surface area (Å²) in [6.45, 7) is 0. The number of hydrogen-bond donors (Lipinski definition) is 0. The molecule has 0 radical (unpaired) electrons. The van der Waals surface area contributed by atoms with Crippen molar-refractivity contribution in [3.63, 3.8) is 0 Å². The highest BCUT2D eigenvalue weighted by atomic mass is 127. The van der Waals surface area contributed by atoms with Crippen molar-refractivity contribution in [1.82, 2.24) is 0 Å². The number of fused-ring (bicyclic) bond motifs is 1. The smallest absolute Gasteiger partial charge is 0.123 e. The second-order valence-corrected chi connectivity index (χ2v) is 5.18. The Labute approximate surface area is 100 Å². The van der Waals surface area contributed by atoms with Crippen LogP contribution in [-0.4, -0.2) is 4.43 Å². The SMILES string of the molecule is Fc1ccc2scc(CCCI)c2c1. The zero-order valence-corrected chi connectivity index (χ0v) is 10.6. The Hall–Kier alpha value is -0.160. The fourth-order valence-electron chi connectivity index (χ4n) is 1.50. The molecular formula is C11H10FIS. The zero-order valence-electron chi connectivity index (χ0n) is 7.59. The molecule has 3 heteroatoms. The van der Waals surface area contributed by atoms with Crippen molar-refractivity contribution in [2.75, 3.05) is 4.43 Å². The molecule has 0 atom stereocenters. The number of rotatable bonds is 3. The van der Waals surface area contributed by atoms with E-state index < -0.39 is 0 Å². The van der Waals surface area contributed by atoms with Crippen LogP contribution in [0.25, 0.3) is 10.1 Å². The van der Waals surface area contributed by atoms with Gasteiger partial charge in [-0.1, -0.05) is 22.6 Å². The van der Waals surface area contributed by atoms with Gasteiger partial charge < -0.3 is 0 Å². The zero-order chi connectivity index (χ0) is 9.97. The maximum Gasteiger partial charge on any atom is 0.123 e. The number of thiophene rings is 1. The number of alkyl halides is 1. The summed E-state index contributed by atoms with van der Waals surface area (Å²) in [6, 6.07) is 5.04. The van der Waals surface area contributed by atoms with E-state index in [9.17, 15) is 4.39 Å². The molecular weight excluding hydrogens is 310 g/mol. The highest BCUT2D eigenvalue weighted by Crippen LogP contribution is 2.27. The summed E-state index contributed by atoms with van der Waals surface area (Å²) in [6.07, 6.45) is 2.23. The highest BCUT2D eigenvalue weighted by Gasteiger charge is 2.04. The quantitative estimate of drug-likeness (QED) is 0.580. The second kappa shape index (κ2) is 4.57.